The number of pyridine rings is 1. The van der Waals surface area contributed by atoms with E-state index in [0.29, 0.717) is 34.4 Å². The second-order valence-corrected chi connectivity index (χ2v) is 11.5. The number of hydrogen-bond donors (Lipinski definition) is 1. The van der Waals surface area contributed by atoms with Crippen molar-refractivity contribution in [1.29, 1.82) is 0 Å². The van der Waals surface area contributed by atoms with Gasteiger partial charge in [-0.3, -0.25) is 9.59 Å². The second kappa shape index (κ2) is 11.5. The highest BCUT2D eigenvalue weighted by Gasteiger charge is 2.57. The van der Waals surface area contributed by atoms with E-state index in [1.165, 1.54) is 18.3 Å². The van der Waals surface area contributed by atoms with E-state index in [0.717, 1.165) is 30.1 Å². The standard InChI is InChI=1S/C29H32F2N4O4S/c1-17(12-25(37)27-18(2)33-28(40-27)34-19(3)36)20-4-6-22(7-5-20)39-24-10-11-35(15-24)26-9-8-23(14-32-26)38-16-21-13-29(21,30)31/h4-9,14,17,21,24H,10-13,15-16H2,1-3H3,(H,33,34,36)/t17-,21-,24?/m1/s1. The lowest BCUT2D eigenvalue weighted by molar-refractivity contribution is -0.114. The van der Waals surface area contributed by atoms with Crippen LogP contribution in [0.1, 0.15) is 60.0 Å². The summed E-state index contributed by atoms with van der Waals surface area (Å²) < 4.78 is 37.7. The molecule has 0 bridgehead atoms. The number of alkyl halides is 2. The molecule has 1 aliphatic heterocycles. The van der Waals surface area contributed by atoms with Gasteiger partial charge in [0.05, 0.1) is 35.8 Å². The number of benzene rings is 1. The maximum absolute atomic E-state index is 13.0. The molecule has 1 aromatic carbocycles. The van der Waals surface area contributed by atoms with Crippen molar-refractivity contribution in [3.8, 4) is 11.5 Å². The first-order valence-corrected chi connectivity index (χ1v) is 14.2. The molecule has 3 aromatic rings. The minimum absolute atomic E-state index is 0.00291. The topological polar surface area (TPSA) is 93.7 Å². The summed E-state index contributed by atoms with van der Waals surface area (Å²) in [5.41, 5.74) is 1.66. The van der Waals surface area contributed by atoms with Crippen molar-refractivity contribution in [3.63, 3.8) is 0 Å². The monoisotopic (exact) mass is 570 g/mol. The first-order valence-electron chi connectivity index (χ1n) is 13.3. The normalized spacial score (nSPS) is 20.2. The van der Waals surface area contributed by atoms with E-state index in [9.17, 15) is 18.4 Å². The summed E-state index contributed by atoms with van der Waals surface area (Å²) in [5.74, 6) is -1.43. The van der Waals surface area contributed by atoms with E-state index in [1.54, 1.807) is 19.2 Å². The third-order valence-electron chi connectivity index (χ3n) is 7.17. The van der Waals surface area contributed by atoms with Crippen LogP contribution in [0.3, 0.4) is 0 Å². The van der Waals surface area contributed by atoms with Gasteiger partial charge in [-0.25, -0.2) is 18.7 Å². The minimum Gasteiger partial charge on any atom is -0.491 e. The molecule has 2 fully saturated rings. The number of hydrogen-bond acceptors (Lipinski definition) is 8. The number of Topliss-reactive ketones (excluding diaryl/α,β-unsaturated/α-hetero) is 1. The minimum atomic E-state index is -2.59. The van der Waals surface area contributed by atoms with Crippen LogP contribution < -0.4 is 19.7 Å². The van der Waals surface area contributed by atoms with E-state index in [2.05, 4.69) is 20.2 Å². The van der Waals surface area contributed by atoms with Crippen LogP contribution in [0, 0.1) is 12.8 Å². The average molecular weight is 571 g/mol. The van der Waals surface area contributed by atoms with E-state index in [1.807, 2.05) is 37.3 Å². The zero-order valence-electron chi connectivity index (χ0n) is 22.7. The Kier molecular flexibility index (Phi) is 8.02. The Morgan fingerprint density at radius 1 is 1.20 bits per heavy atom. The molecule has 1 saturated heterocycles. The molecular weight excluding hydrogens is 538 g/mol. The quantitative estimate of drug-likeness (QED) is 0.288. The Hall–Kier alpha value is -3.60. The van der Waals surface area contributed by atoms with Crippen LogP contribution in [-0.2, 0) is 4.79 Å². The van der Waals surface area contributed by atoms with Gasteiger partial charge in [-0.1, -0.05) is 30.4 Å². The number of aryl methyl sites for hydroxylation is 1. The molecule has 1 N–H and O–H groups in total. The summed E-state index contributed by atoms with van der Waals surface area (Å²) in [4.78, 5) is 35.6. The van der Waals surface area contributed by atoms with Crippen molar-refractivity contribution < 1.29 is 27.8 Å². The van der Waals surface area contributed by atoms with Crippen molar-refractivity contribution >= 4 is 34.0 Å². The molecule has 8 nitrogen and oxygen atoms in total. The lowest BCUT2D eigenvalue weighted by Crippen LogP contribution is -2.25. The zero-order chi connectivity index (χ0) is 28.4. The lowest BCUT2D eigenvalue weighted by atomic mass is 9.95. The van der Waals surface area contributed by atoms with Gasteiger partial charge in [-0.05, 0) is 42.7 Å². The van der Waals surface area contributed by atoms with E-state index in [-0.39, 0.29) is 36.7 Å². The summed E-state index contributed by atoms with van der Waals surface area (Å²) >= 11 is 1.21. The first kappa shape index (κ1) is 27.9. The Balaban J connectivity index is 1.09. The average Bonchev–Trinajstić information content (AvgIpc) is 3.21. The molecule has 212 valence electrons. The molecule has 2 aliphatic rings. The number of halogens is 2. The molecule has 5 rings (SSSR count). The molecule has 1 amide bonds. The molecular formula is C29H32F2N4O4S. The number of nitrogens with zero attached hydrogens (tertiary/aromatic N) is 3. The smallest absolute Gasteiger partial charge is 0.255 e. The van der Waals surface area contributed by atoms with Crippen molar-refractivity contribution in [2.75, 3.05) is 29.9 Å². The summed E-state index contributed by atoms with van der Waals surface area (Å²) in [6.45, 7) is 6.69. The van der Waals surface area contributed by atoms with Gasteiger partial charge in [0.25, 0.3) is 5.92 Å². The number of thiazole rings is 1. The maximum Gasteiger partial charge on any atom is 0.255 e. The van der Waals surface area contributed by atoms with Gasteiger partial charge in [0.2, 0.25) is 5.91 Å². The molecule has 3 atom stereocenters. The van der Waals surface area contributed by atoms with Crippen molar-refractivity contribution in [2.45, 2.75) is 58.0 Å². The molecule has 2 aromatic heterocycles. The number of anilines is 2. The fourth-order valence-electron chi connectivity index (χ4n) is 4.74. The van der Waals surface area contributed by atoms with Crippen LogP contribution >= 0.6 is 11.3 Å². The fraction of sp³-hybridized carbons (Fsp3) is 0.448. The predicted molar refractivity (Wildman–Crippen MR) is 149 cm³/mol. The number of carbonyl (C=O) groups is 2. The van der Waals surface area contributed by atoms with Gasteiger partial charge < -0.3 is 19.7 Å². The maximum atomic E-state index is 13.0. The molecule has 0 radical (unpaired) electrons. The van der Waals surface area contributed by atoms with Crippen LogP contribution in [0.15, 0.2) is 42.6 Å². The Morgan fingerprint density at radius 3 is 2.58 bits per heavy atom. The third-order valence-corrected chi connectivity index (χ3v) is 8.29. The SMILES string of the molecule is CC(=O)Nc1nc(C)c(C(=O)C[C@@H](C)c2ccc(OC3CCN(c4ccc(OC[C@H]5CC5(F)F)cn4)C3)cc2)s1. The zero-order valence-corrected chi connectivity index (χ0v) is 23.5. The van der Waals surface area contributed by atoms with Crippen molar-refractivity contribution in [1.82, 2.24) is 9.97 Å². The molecule has 40 heavy (non-hydrogen) atoms. The van der Waals surface area contributed by atoms with Crippen molar-refractivity contribution in [3.05, 3.63) is 58.7 Å². The molecule has 1 unspecified atom stereocenters. The third kappa shape index (κ3) is 6.75. The molecule has 11 heteroatoms. The predicted octanol–water partition coefficient (Wildman–Crippen LogP) is 5.87. The van der Waals surface area contributed by atoms with E-state index < -0.39 is 11.8 Å². The van der Waals surface area contributed by atoms with Gasteiger partial charge >= 0.3 is 0 Å². The van der Waals surface area contributed by atoms with E-state index in [4.69, 9.17) is 9.47 Å². The largest absolute Gasteiger partial charge is 0.491 e. The molecule has 1 saturated carbocycles. The van der Waals surface area contributed by atoms with Crippen LogP contribution in [0.25, 0.3) is 0 Å². The van der Waals surface area contributed by atoms with Crippen LogP contribution in [-0.4, -0.2) is 53.4 Å². The number of amides is 1. The first-order chi connectivity index (χ1) is 19.1. The number of carbonyl (C=O) groups excluding carboxylic acids is 2. The molecule has 1 aliphatic carbocycles. The Labute approximate surface area is 235 Å². The fourth-order valence-corrected chi connectivity index (χ4v) is 5.70. The second-order valence-electron chi connectivity index (χ2n) is 10.5. The van der Waals surface area contributed by atoms with E-state index >= 15 is 0 Å². The van der Waals surface area contributed by atoms with Gasteiger partial charge in [0, 0.05) is 32.7 Å². The Morgan fingerprint density at radius 2 is 1.93 bits per heavy atom. The van der Waals surface area contributed by atoms with Gasteiger partial charge in [-0.15, -0.1) is 0 Å². The highest BCUT2D eigenvalue weighted by Crippen LogP contribution is 2.48. The summed E-state index contributed by atoms with van der Waals surface area (Å²) in [7, 11) is 0. The Bertz CT molecular complexity index is 1360. The van der Waals surface area contributed by atoms with Gasteiger partial charge in [-0.2, -0.15) is 0 Å². The number of rotatable bonds is 11. The van der Waals surface area contributed by atoms with Crippen LogP contribution in [0.5, 0.6) is 11.5 Å². The highest BCUT2D eigenvalue weighted by molar-refractivity contribution is 7.17. The van der Waals surface area contributed by atoms with Gasteiger partial charge in [0.1, 0.15) is 23.4 Å². The van der Waals surface area contributed by atoms with Crippen LogP contribution in [0.2, 0.25) is 0 Å². The summed E-state index contributed by atoms with van der Waals surface area (Å²) in [5, 5.41) is 3.08. The number of nitrogens with one attached hydrogen (secondary N) is 1. The summed E-state index contributed by atoms with van der Waals surface area (Å²) in [6.07, 6.45) is 2.66. The molecule has 3 heterocycles. The number of ether oxygens (including phenoxy) is 2. The highest BCUT2D eigenvalue weighted by atomic mass is 32.1. The van der Waals surface area contributed by atoms with Crippen LogP contribution in [0.4, 0.5) is 19.7 Å². The number of ketones is 1. The summed E-state index contributed by atoms with van der Waals surface area (Å²) in [6, 6.07) is 11.4. The van der Waals surface area contributed by atoms with Gasteiger partial charge in [0.15, 0.2) is 10.9 Å². The number of aromatic nitrogens is 2. The lowest BCUT2D eigenvalue weighted by Gasteiger charge is -2.19. The van der Waals surface area contributed by atoms with Crippen molar-refractivity contribution in [2.24, 2.45) is 5.92 Å². The molecule has 0 spiro atoms.